The van der Waals surface area contributed by atoms with Gasteiger partial charge in [0.2, 0.25) is 0 Å². The summed E-state index contributed by atoms with van der Waals surface area (Å²) in [5, 5.41) is 10.2. The summed E-state index contributed by atoms with van der Waals surface area (Å²) >= 11 is 0. The maximum atomic E-state index is 11.1. The van der Waals surface area contributed by atoms with E-state index in [1.54, 1.807) is 6.92 Å². The Morgan fingerprint density at radius 1 is 1.25 bits per heavy atom. The molecule has 0 radical (unpaired) electrons. The maximum Gasteiger partial charge on any atom is 0.303 e. The molecule has 1 N–H and O–H groups in total. The Hall–Kier alpha value is -1.44. The predicted octanol–water partition coefficient (Wildman–Crippen LogP) is 0.158. The van der Waals surface area contributed by atoms with Crippen molar-refractivity contribution in [3.8, 4) is 0 Å². The van der Waals surface area contributed by atoms with Gasteiger partial charge in [0.05, 0.1) is 12.7 Å². The molecule has 1 heterocycles. The summed E-state index contributed by atoms with van der Waals surface area (Å²) in [6, 6.07) is 0. The van der Waals surface area contributed by atoms with Crippen LogP contribution in [-0.2, 0) is 28.5 Å². The molecule has 0 bridgehead atoms. The van der Waals surface area contributed by atoms with Crippen LogP contribution in [0.25, 0.3) is 0 Å². The van der Waals surface area contributed by atoms with Gasteiger partial charge in [-0.15, -0.1) is 6.58 Å². The lowest BCUT2D eigenvalue weighted by atomic mass is 9.99. The average Bonchev–Trinajstić information content (AvgIpc) is 2.35. The molecule has 1 saturated heterocycles. The van der Waals surface area contributed by atoms with Crippen LogP contribution >= 0.6 is 0 Å². The summed E-state index contributed by atoms with van der Waals surface area (Å²) in [7, 11) is 0. The summed E-state index contributed by atoms with van der Waals surface area (Å²) in [5.41, 5.74) is 0. The van der Waals surface area contributed by atoms with Gasteiger partial charge >= 0.3 is 11.9 Å². The Bertz CT molecular complexity index is 368. The highest BCUT2D eigenvalue weighted by molar-refractivity contribution is 5.67. The Kier molecular flexibility index (Phi) is 6.12. The number of ether oxygens (including phenoxy) is 4. The summed E-state index contributed by atoms with van der Waals surface area (Å²) in [6.45, 7) is 7.73. The first-order valence-electron chi connectivity index (χ1n) is 6.27. The predicted molar refractivity (Wildman–Crippen MR) is 67.6 cm³/mol. The van der Waals surface area contributed by atoms with Crippen LogP contribution in [0.15, 0.2) is 12.7 Å². The van der Waals surface area contributed by atoms with E-state index in [4.69, 9.17) is 18.9 Å². The van der Waals surface area contributed by atoms with E-state index < -0.39 is 42.6 Å². The molecule has 0 amide bonds. The second-order valence-electron chi connectivity index (χ2n) is 4.47. The lowest BCUT2D eigenvalue weighted by Crippen LogP contribution is -2.59. The molecule has 0 aromatic carbocycles. The second kappa shape index (κ2) is 7.37. The number of hydrogen-bond donors (Lipinski definition) is 1. The number of rotatable bonds is 5. The van der Waals surface area contributed by atoms with E-state index in [1.807, 2.05) is 0 Å². The van der Waals surface area contributed by atoms with E-state index in [-0.39, 0.29) is 6.61 Å². The Morgan fingerprint density at radius 3 is 2.30 bits per heavy atom. The Labute approximate surface area is 117 Å². The largest absolute Gasteiger partial charge is 0.457 e. The van der Waals surface area contributed by atoms with Gasteiger partial charge in [-0.3, -0.25) is 9.59 Å². The lowest BCUT2D eigenvalue weighted by Gasteiger charge is -2.41. The van der Waals surface area contributed by atoms with Crippen molar-refractivity contribution >= 4 is 11.9 Å². The van der Waals surface area contributed by atoms with Gasteiger partial charge in [0.1, 0.15) is 6.10 Å². The van der Waals surface area contributed by atoms with Crippen LogP contribution in [0.5, 0.6) is 0 Å². The lowest BCUT2D eigenvalue weighted by molar-refractivity contribution is -0.296. The molecule has 0 saturated carbocycles. The van der Waals surface area contributed by atoms with Crippen molar-refractivity contribution in [1.82, 2.24) is 0 Å². The topological polar surface area (TPSA) is 91.3 Å². The molecular weight excluding hydrogens is 268 g/mol. The normalized spacial score (nSPS) is 33.3. The SMILES string of the molecule is C=CCO[C@H]1O[C@@H](C)[C@@H](OC(C)=O)[C@@H](O)[C@@H]1OC(C)=O. The molecule has 0 unspecified atom stereocenters. The first-order valence-corrected chi connectivity index (χ1v) is 6.27. The number of aliphatic hydroxyl groups is 1. The third-order valence-electron chi connectivity index (χ3n) is 2.74. The van der Waals surface area contributed by atoms with Crippen LogP contribution < -0.4 is 0 Å². The molecule has 1 fully saturated rings. The molecule has 20 heavy (non-hydrogen) atoms. The molecular formula is C13H20O7. The zero-order valence-electron chi connectivity index (χ0n) is 11.8. The van der Waals surface area contributed by atoms with Gasteiger partial charge in [-0.2, -0.15) is 0 Å². The molecule has 5 atom stereocenters. The smallest absolute Gasteiger partial charge is 0.303 e. The monoisotopic (exact) mass is 288 g/mol. The second-order valence-corrected chi connectivity index (χ2v) is 4.47. The van der Waals surface area contributed by atoms with Crippen molar-refractivity contribution < 1.29 is 33.6 Å². The Morgan fingerprint density at radius 2 is 1.80 bits per heavy atom. The average molecular weight is 288 g/mol. The number of hydrogen-bond acceptors (Lipinski definition) is 7. The van der Waals surface area contributed by atoms with Gasteiger partial charge < -0.3 is 24.1 Å². The molecule has 1 aliphatic rings. The fraction of sp³-hybridized carbons (Fsp3) is 0.692. The van der Waals surface area contributed by atoms with Crippen molar-refractivity contribution in [3.05, 3.63) is 12.7 Å². The molecule has 0 spiro atoms. The van der Waals surface area contributed by atoms with E-state index in [2.05, 4.69) is 6.58 Å². The van der Waals surface area contributed by atoms with Crippen LogP contribution in [0, 0.1) is 0 Å². The van der Waals surface area contributed by atoms with Crippen molar-refractivity contribution in [2.75, 3.05) is 6.61 Å². The first kappa shape index (κ1) is 16.6. The molecule has 0 aliphatic carbocycles. The highest BCUT2D eigenvalue weighted by Gasteiger charge is 2.47. The van der Waals surface area contributed by atoms with Gasteiger partial charge in [-0.05, 0) is 6.92 Å². The van der Waals surface area contributed by atoms with Gasteiger partial charge in [0.15, 0.2) is 18.5 Å². The van der Waals surface area contributed by atoms with Gasteiger partial charge in [-0.1, -0.05) is 6.08 Å². The minimum atomic E-state index is -1.23. The summed E-state index contributed by atoms with van der Waals surface area (Å²) in [6.07, 6.45) is -3.29. The zero-order valence-corrected chi connectivity index (χ0v) is 11.8. The first-order chi connectivity index (χ1) is 9.36. The third kappa shape index (κ3) is 4.29. The highest BCUT2D eigenvalue weighted by Crippen LogP contribution is 2.26. The molecule has 0 aromatic rings. The minimum Gasteiger partial charge on any atom is -0.457 e. The minimum absolute atomic E-state index is 0.167. The summed E-state index contributed by atoms with van der Waals surface area (Å²) in [4.78, 5) is 22.2. The Balaban J connectivity index is 2.86. The van der Waals surface area contributed by atoms with E-state index in [0.717, 1.165) is 0 Å². The molecule has 7 heteroatoms. The van der Waals surface area contributed by atoms with Crippen LogP contribution in [0.2, 0.25) is 0 Å². The summed E-state index contributed by atoms with van der Waals surface area (Å²) < 4.78 is 20.8. The molecule has 1 aliphatic heterocycles. The van der Waals surface area contributed by atoms with E-state index in [9.17, 15) is 14.7 Å². The number of carbonyl (C=O) groups excluding carboxylic acids is 2. The van der Waals surface area contributed by atoms with E-state index in [0.29, 0.717) is 0 Å². The van der Waals surface area contributed by atoms with Crippen LogP contribution in [0.4, 0.5) is 0 Å². The van der Waals surface area contributed by atoms with Crippen molar-refractivity contribution in [3.63, 3.8) is 0 Å². The fourth-order valence-electron chi connectivity index (χ4n) is 1.96. The molecule has 7 nitrogen and oxygen atoms in total. The van der Waals surface area contributed by atoms with Crippen LogP contribution in [-0.4, -0.2) is 54.4 Å². The van der Waals surface area contributed by atoms with Crippen molar-refractivity contribution in [2.24, 2.45) is 0 Å². The number of carbonyl (C=O) groups is 2. The van der Waals surface area contributed by atoms with Crippen molar-refractivity contribution in [2.45, 2.75) is 51.5 Å². The number of esters is 2. The maximum absolute atomic E-state index is 11.1. The van der Waals surface area contributed by atoms with Crippen molar-refractivity contribution in [1.29, 1.82) is 0 Å². The molecule has 1 rings (SSSR count). The zero-order chi connectivity index (χ0) is 15.3. The van der Waals surface area contributed by atoms with E-state index >= 15 is 0 Å². The molecule has 0 aromatic heterocycles. The van der Waals surface area contributed by atoms with Gasteiger partial charge in [-0.25, -0.2) is 0 Å². The van der Waals surface area contributed by atoms with Gasteiger partial charge in [0.25, 0.3) is 0 Å². The third-order valence-corrected chi connectivity index (χ3v) is 2.74. The number of aliphatic hydroxyl groups excluding tert-OH is 1. The standard InChI is InChI=1S/C13H20O7/c1-5-6-17-13-12(20-9(4)15)10(16)11(7(2)18-13)19-8(3)14/h5,7,10-13,16H,1,6H2,2-4H3/t7-,10+,11+,12-,13-/m0/s1. The van der Waals surface area contributed by atoms with Crippen LogP contribution in [0.3, 0.4) is 0 Å². The van der Waals surface area contributed by atoms with E-state index in [1.165, 1.54) is 19.9 Å². The summed E-state index contributed by atoms with van der Waals surface area (Å²) in [5.74, 6) is -1.16. The van der Waals surface area contributed by atoms with Crippen LogP contribution in [0.1, 0.15) is 20.8 Å². The fourth-order valence-corrected chi connectivity index (χ4v) is 1.96. The molecule has 114 valence electrons. The quantitative estimate of drug-likeness (QED) is 0.569. The highest BCUT2D eigenvalue weighted by atomic mass is 16.7. The van der Waals surface area contributed by atoms with Gasteiger partial charge in [0, 0.05) is 13.8 Å².